The van der Waals surface area contributed by atoms with Gasteiger partial charge in [0.1, 0.15) is 5.75 Å². The predicted octanol–water partition coefficient (Wildman–Crippen LogP) is 6.87. The van der Waals surface area contributed by atoms with Gasteiger partial charge in [-0.3, -0.25) is 4.79 Å². The normalized spacial score (nSPS) is 10.6. The Kier molecular flexibility index (Phi) is 8.55. The number of carbonyl (C=O) groups excluding carboxylic acids is 1. The van der Waals surface area contributed by atoms with Crippen LogP contribution in [0.1, 0.15) is 43.0 Å². The Bertz CT molecular complexity index is 773. The second-order valence-corrected chi connectivity index (χ2v) is 7.23. The van der Waals surface area contributed by atoms with Crippen LogP contribution in [0.15, 0.2) is 30.3 Å². The van der Waals surface area contributed by atoms with Crippen LogP contribution in [0.4, 0.5) is 5.69 Å². The fourth-order valence-corrected chi connectivity index (χ4v) is 3.27. The van der Waals surface area contributed by atoms with Crippen LogP contribution in [0.3, 0.4) is 0 Å². The van der Waals surface area contributed by atoms with Crippen molar-refractivity contribution >= 4 is 46.4 Å². The molecule has 0 fully saturated rings. The first-order valence-corrected chi connectivity index (χ1v) is 9.86. The Hall–Kier alpha value is -1.62. The molecule has 0 unspecified atom stereocenters. The molecule has 27 heavy (non-hydrogen) atoms. The molecule has 0 radical (unpaired) electrons. The summed E-state index contributed by atoms with van der Waals surface area (Å²) in [5.74, 6) is 0.512. The number of carbonyl (C=O) groups is 1. The third-order valence-electron chi connectivity index (χ3n) is 3.91. The molecule has 0 saturated carbocycles. The predicted molar refractivity (Wildman–Crippen MR) is 112 cm³/mol. The van der Waals surface area contributed by atoms with E-state index in [1.54, 1.807) is 18.2 Å². The molecule has 0 bridgehead atoms. The van der Waals surface area contributed by atoms with Gasteiger partial charge in [-0.15, -0.1) is 0 Å². The molecule has 146 valence electrons. The Labute approximate surface area is 174 Å². The molecule has 0 aromatic heterocycles. The molecule has 0 aliphatic carbocycles. The van der Waals surface area contributed by atoms with Crippen molar-refractivity contribution in [1.29, 1.82) is 0 Å². The highest BCUT2D eigenvalue weighted by atomic mass is 35.5. The van der Waals surface area contributed by atoms with Crippen molar-refractivity contribution in [3.8, 4) is 11.5 Å². The highest BCUT2D eigenvalue weighted by Crippen LogP contribution is 2.35. The number of hydrogen-bond acceptors (Lipinski definition) is 3. The number of ether oxygens (including phenoxy) is 2. The Morgan fingerprint density at radius 2 is 1.74 bits per heavy atom. The van der Waals surface area contributed by atoms with Crippen molar-refractivity contribution < 1.29 is 14.3 Å². The van der Waals surface area contributed by atoms with Gasteiger partial charge in [-0.2, -0.15) is 0 Å². The summed E-state index contributed by atoms with van der Waals surface area (Å²) in [6, 6.07) is 8.02. The largest absolute Gasteiger partial charge is 0.495 e. The van der Waals surface area contributed by atoms with Gasteiger partial charge in [0.15, 0.2) is 5.75 Å². The summed E-state index contributed by atoms with van der Waals surface area (Å²) in [7, 11) is 1.51. The van der Waals surface area contributed by atoms with Crippen molar-refractivity contribution in [1.82, 2.24) is 0 Å². The van der Waals surface area contributed by atoms with Gasteiger partial charge in [-0.25, -0.2) is 0 Å². The van der Waals surface area contributed by atoms with Crippen LogP contribution in [0.5, 0.6) is 11.5 Å². The minimum Gasteiger partial charge on any atom is -0.495 e. The number of nitrogens with one attached hydrogen (secondary N) is 1. The topological polar surface area (TPSA) is 47.6 Å². The molecular weight excluding hydrogens is 409 g/mol. The van der Waals surface area contributed by atoms with Gasteiger partial charge < -0.3 is 14.8 Å². The van der Waals surface area contributed by atoms with E-state index in [0.717, 1.165) is 25.7 Å². The van der Waals surface area contributed by atoms with E-state index in [1.165, 1.54) is 19.2 Å². The first-order chi connectivity index (χ1) is 13.0. The van der Waals surface area contributed by atoms with Gasteiger partial charge in [-0.1, -0.05) is 61.0 Å². The van der Waals surface area contributed by atoms with E-state index in [2.05, 4.69) is 12.2 Å². The monoisotopic (exact) mass is 429 g/mol. The number of methoxy groups -OCH3 is 1. The molecular formula is C20H22Cl3NO3. The second-order valence-electron chi connectivity index (χ2n) is 5.98. The van der Waals surface area contributed by atoms with Crippen molar-refractivity contribution in [2.24, 2.45) is 0 Å². The smallest absolute Gasteiger partial charge is 0.255 e. The van der Waals surface area contributed by atoms with Gasteiger partial charge in [0, 0.05) is 10.6 Å². The minimum absolute atomic E-state index is 0.293. The molecule has 2 rings (SSSR count). The van der Waals surface area contributed by atoms with Gasteiger partial charge in [-0.05, 0) is 36.8 Å². The lowest BCUT2D eigenvalue weighted by Gasteiger charge is -2.13. The maximum atomic E-state index is 12.6. The third kappa shape index (κ3) is 6.20. The van der Waals surface area contributed by atoms with Crippen LogP contribution < -0.4 is 14.8 Å². The zero-order valence-corrected chi connectivity index (χ0v) is 17.5. The van der Waals surface area contributed by atoms with Crippen LogP contribution in [-0.4, -0.2) is 19.6 Å². The van der Waals surface area contributed by atoms with E-state index in [1.807, 2.05) is 0 Å². The molecule has 2 aromatic carbocycles. The second kappa shape index (κ2) is 10.6. The van der Waals surface area contributed by atoms with Crippen LogP contribution in [0, 0.1) is 0 Å². The maximum Gasteiger partial charge on any atom is 0.255 e. The zero-order chi connectivity index (χ0) is 19.8. The lowest BCUT2D eigenvalue weighted by atomic mass is 10.2. The average Bonchev–Trinajstić information content (AvgIpc) is 2.63. The van der Waals surface area contributed by atoms with Crippen LogP contribution in [-0.2, 0) is 0 Å². The molecule has 1 N–H and O–H groups in total. The number of benzene rings is 2. The average molecular weight is 431 g/mol. The first kappa shape index (κ1) is 21.7. The van der Waals surface area contributed by atoms with E-state index in [-0.39, 0.29) is 5.91 Å². The highest BCUT2D eigenvalue weighted by Gasteiger charge is 2.16. The minimum atomic E-state index is -0.381. The summed E-state index contributed by atoms with van der Waals surface area (Å²) in [4.78, 5) is 12.6. The summed E-state index contributed by atoms with van der Waals surface area (Å²) in [6.07, 6.45) is 4.34. The first-order valence-electron chi connectivity index (χ1n) is 8.73. The third-order valence-corrected chi connectivity index (χ3v) is 4.71. The Balaban J connectivity index is 2.10. The van der Waals surface area contributed by atoms with Gasteiger partial charge in [0.25, 0.3) is 5.91 Å². The molecule has 4 nitrogen and oxygen atoms in total. The van der Waals surface area contributed by atoms with Crippen LogP contribution in [0.2, 0.25) is 15.1 Å². The standard InChI is InChI=1S/C20H22Cl3NO3/c1-3-4-5-6-9-27-19-15(22)10-13(11-16(19)23)20(25)24-17-12-14(21)7-8-18(17)26-2/h7-8,10-12H,3-6,9H2,1-2H3,(H,24,25). The van der Waals surface area contributed by atoms with Crippen LogP contribution in [0.25, 0.3) is 0 Å². The van der Waals surface area contributed by atoms with Crippen molar-refractivity contribution in [2.75, 3.05) is 19.0 Å². The summed E-state index contributed by atoms with van der Waals surface area (Å²) in [5.41, 5.74) is 0.767. The molecule has 0 aliphatic heterocycles. The SMILES string of the molecule is CCCCCCOc1c(Cl)cc(C(=O)Nc2cc(Cl)ccc2OC)cc1Cl. The number of unbranched alkanes of at least 4 members (excludes halogenated alkanes) is 3. The van der Waals surface area contributed by atoms with E-state index in [9.17, 15) is 4.79 Å². The molecule has 0 heterocycles. The van der Waals surface area contributed by atoms with Crippen molar-refractivity contribution in [3.63, 3.8) is 0 Å². The summed E-state index contributed by atoms with van der Waals surface area (Å²) in [5, 5.41) is 3.82. The molecule has 0 aliphatic rings. The quantitative estimate of drug-likeness (QED) is 0.442. The van der Waals surface area contributed by atoms with E-state index < -0.39 is 0 Å². The van der Waals surface area contributed by atoms with E-state index in [0.29, 0.717) is 44.4 Å². The number of rotatable bonds is 9. The van der Waals surface area contributed by atoms with E-state index in [4.69, 9.17) is 44.3 Å². The molecule has 0 atom stereocenters. The zero-order valence-electron chi connectivity index (χ0n) is 15.3. The fourth-order valence-electron chi connectivity index (χ4n) is 2.50. The van der Waals surface area contributed by atoms with E-state index >= 15 is 0 Å². The summed E-state index contributed by atoms with van der Waals surface area (Å²) in [6.45, 7) is 2.68. The van der Waals surface area contributed by atoms with Gasteiger partial charge in [0.05, 0.1) is 29.4 Å². The molecule has 1 amide bonds. The lowest BCUT2D eigenvalue weighted by Crippen LogP contribution is -2.13. The number of anilines is 1. The maximum absolute atomic E-state index is 12.6. The van der Waals surface area contributed by atoms with Gasteiger partial charge >= 0.3 is 0 Å². The fraction of sp³-hybridized carbons (Fsp3) is 0.350. The molecule has 2 aromatic rings. The number of halogens is 3. The Morgan fingerprint density at radius 3 is 2.37 bits per heavy atom. The molecule has 7 heteroatoms. The van der Waals surface area contributed by atoms with Gasteiger partial charge in [0.2, 0.25) is 0 Å². The summed E-state index contributed by atoms with van der Waals surface area (Å²) < 4.78 is 10.9. The number of amides is 1. The van der Waals surface area contributed by atoms with Crippen LogP contribution >= 0.6 is 34.8 Å². The molecule has 0 spiro atoms. The van der Waals surface area contributed by atoms with Crippen molar-refractivity contribution in [3.05, 3.63) is 51.0 Å². The summed E-state index contributed by atoms with van der Waals surface area (Å²) >= 11 is 18.5. The lowest BCUT2D eigenvalue weighted by molar-refractivity contribution is 0.102. The van der Waals surface area contributed by atoms with Crippen molar-refractivity contribution in [2.45, 2.75) is 32.6 Å². The number of hydrogen-bond donors (Lipinski definition) is 1. The molecule has 0 saturated heterocycles. The Morgan fingerprint density at radius 1 is 1.04 bits per heavy atom. The highest BCUT2D eigenvalue weighted by molar-refractivity contribution is 6.38.